The van der Waals surface area contributed by atoms with Crippen LogP contribution in [0.2, 0.25) is 0 Å². The second kappa shape index (κ2) is 5.25. The van der Waals surface area contributed by atoms with Crippen LogP contribution in [0.5, 0.6) is 0 Å². The van der Waals surface area contributed by atoms with E-state index in [0.717, 1.165) is 18.9 Å². The van der Waals surface area contributed by atoms with Crippen molar-refractivity contribution < 1.29 is 5.11 Å². The van der Waals surface area contributed by atoms with Crippen LogP contribution < -0.4 is 5.32 Å². The number of hydrogen-bond donors (Lipinski definition) is 2. The number of likely N-dealkylation sites (tertiary alicyclic amines) is 1. The molecular weight excluding hydrogens is 212 g/mol. The minimum Gasteiger partial charge on any atom is -0.394 e. The van der Waals surface area contributed by atoms with E-state index in [0.29, 0.717) is 12.1 Å². The van der Waals surface area contributed by atoms with Crippen LogP contribution in [0, 0.1) is 0 Å². The molecule has 0 bridgehead atoms. The van der Waals surface area contributed by atoms with Crippen molar-refractivity contribution in [2.75, 3.05) is 13.2 Å². The molecule has 3 heteroatoms. The Morgan fingerprint density at radius 1 is 1.41 bits per heavy atom. The third-order valence-corrected chi connectivity index (χ3v) is 4.55. The molecule has 1 aliphatic heterocycles. The standard InChI is InChI=1S/C14H28N2O/c1-11(2)15-14(10-17)7-6-13(9-14)16-8-4-5-12(16)3/h11-13,15,17H,4-10H2,1-3H3. The summed E-state index contributed by atoms with van der Waals surface area (Å²) in [6, 6.07) is 1.89. The summed E-state index contributed by atoms with van der Waals surface area (Å²) in [5, 5.41) is 13.3. The molecule has 2 aliphatic rings. The Kier molecular flexibility index (Phi) is 4.11. The van der Waals surface area contributed by atoms with Crippen LogP contribution in [0.4, 0.5) is 0 Å². The summed E-state index contributed by atoms with van der Waals surface area (Å²) in [4.78, 5) is 2.67. The quantitative estimate of drug-likeness (QED) is 0.786. The fourth-order valence-corrected chi connectivity index (χ4v) is 3.81. The van der Waals surface area contributed by atoms with E-state index in [2.05, 4.69) is 31.0 Å². The van der Waals surface area contributed by atoms with Crippen molar-refractivity contribution >= 4 is 0 Å². The molecule has 100 valence electrons. The lowest BCUT2D eigenvalue weighted by molar-refractivity contribution is 0.133. The zero-order valence-corrected chi connectivity index (χ0v) is 11.6. The lowest BCUT2D eigenvalue weighted by atomic mass is 9.97. The van der Waals surface area contributed by atoms with Gasteiger partial charge in [0, 0.05) is 23.7 Å². The van der Waals surface area contributed by atoms with E-state index in [9.17, 15) is 5.11 Å². The average molecular weight is 240 g/mol. The number of rotatable bonds is 4. The van der Waals surface area contributed by atoms with E-state index in [1.54, 1.807) is 0 Å². The number of aliphatic hydroxyl groups is 1. The molecule has 17 heavy (non-hydrogen) atoms. The molecule has 1 saturated carbocycles. The van der Waals surface area contributed by atoms with Gasteiger partial charge in [-0.3, -0.25) is 4.90 Å². The molecule has 0 spiro atoms. The highest BCUT2D eigenvalue weighted by atomic mass is 16.3. The second-order valence-electron chi connectivity index (χ2n) is 6.36. The summed E-state index contributed by atoms with van der Waals surface area (Å²) in [6.45, 7) is 8.23. The minimum atomic E-state index is -0.0128. The molecule has 2 N–H and O–H groups in total. The third-order valence-electron chi connectivity index (χ3n) is 4.55. The monoisotopic (exact) mass is 240 g/mol. The number of hydrogen-bond acceptors (Lipinski definition) is 3. The molecule has 3 unspecified atom stereocenters. The third kappa shape index (κ3) is 2.83. The molecule has 2 rings (SSSR count). The number of aliphatic hydroxyl groups excluding tert-OH is 1. The average Bonchev–Trinajstić information content (AvgIpc) is 2.84. The zero-order chi connectivity index (χ0) is 12.5. The first-order chi connectivity index (χ1) is 8.06. The van der Waals surface area contributed by atoms with E-state index in [-0.39, 0.29) is 12.1 Å². The minimum absolute atomic E-state index is 0.0128. The summed E-state index contributed by atoms with van der Waals surface area (Å²) in [6.07, 6.45) is 6.17. The highest BCUT2D eigenvalue weighted by Crippen LogP contribution is 2.36. The molecule has 2 fully saturated rings. The van der Waals surface area contributed by atoms with Gasteiger partial charge in [0.2, 0.25) is 0 Å². The van der Waals surface area contributed by atoms with Gasteiger partial charge in [0.15, 0.2) is 0 Å². The predicted molar refractivity (Wildman–Crippen MR) is 71.1 cm³/mol. The summed E-state index contributed by atoms with van der Waals surface area (Å²) >= 11 is 0. The Balaban J connectivity index is 1.97. The summed E-state index contributed by atoms with van der Waals surface area (Å²) < 4.78 is 0. The molecule has 0 radical (unpaired) electrons. The first-order valence-electron chi connectivity index (χ1n) is 7.20. The van der Waals surface area contributed by atoms with Crippen molar-refractivity contribution in [2.45, 2.75) is 76.5 Å². The SMILES string of the molecule is CC(C)NC1(CO)CCC(N2CCCC2C)C1. The maximum Gasteiger partial charge on any atom is 0.0614 e. The molecule has 3 atom stereocenters. The van der Waals surface area contributed by atoms with Gasteiger partial charge in [-0.25, -0.2) is 0 Å². The summed E-state index contributed by atoms with van der Waals surface area (Å²) in [5.74, 6) is 0. The summed E-state index contributed by atoms with van der Waals surface area (Å²) in [5.41, 5.74) is -0.0128. The van der Waals surface area contributed by atoms with Crippen LogP contribution in [0.15, 0.2) is 0 Å². The molecule has 0 aromatic carbocycles. The van der Waals surface area contributed by atoms with Crippen molar-refractivity contribution in [3.63, 3.8) is 0 Å². The Morgan fingerprint density at radius 3 is 2.71 bits per heavy atom. The molecule has 1 aliphatic carbocycles. The highest BCUT2D eigenvalue weighted by molar-refractivity contribution is 5.01. The largest absolute Gasteiger partial charge is 0.394 e. The van der Waals surface area contributed by atoms with Crippen molar-refractivity contribution in [3.05, 3.63) is 0 Å². The van der Waals surface area contributed by atoms with E-state index in [4.69, 9.17) is 0 Å². The summed E-state index contributed by atoms with van der Waals surface area (Å²) in [7, 11) is 0. The van der Waals surface area contributed by atoms with Crippen LogP contribution in [0.1, 0.15) is 52.9 Å². The van der Waals surface area contributed by atoms with E-state index in [1.165, 1.54) is 25.8 Å². The van der Waals surface area contributed by atoms with Gasteiger partial charge in [0.25, 0.3) is 0 Å². The maximum atomic E-state index is 9.71. The fraction of sp³-hybridized carbons (Fsp3) is 1.00. The maximum absolute atomic E-state index is 9.71. The highest BCUT2D eigenvalue weighted by Gasteiger charge is 2.42. The number of nitrogens with one attached hydrogen (secondary N) is 1. The lowest BCUT2D eigenvalue weighted by Gasteiger charge is -2.33. The zero-order valence-electron chi connectivity index (χ0n) is 11.6. The van der Waals surface area contributed by atoms with Gasteiger partial charge >= 0.3 is 0 Å². The smallest absolute Gasteiger partial charge is 0.0614 e. The molecular formula is C14H28N2O. The molecule has 3 nitrogen and oxygen atoms in total. The molecule has 0 amide bonds. The fourth-order valence-electron chi connectivity index (χ4n) is 3.81. The Labute approximate surface area is 106 Å². The van der Waals surface area contributed by atoms with Gasteiger partial charge in [-0.15, -0.1) is 0 Å². The van der Waals surface area contributed by atoms with E-state index >= 15 is 0 Å². The Bertz CT molecular complexity index is 257. The normalized spacial score (nSPS) is 39.4. The van der Waals surface area contributed by atoms with Gasteiger partial charge in [-0.05, 0) is 45.6 Å². The van der Waals surface area contributed by atoms with E-state index < -0.39 is 0 Å². The van der Waals surface area contributed by atoms with Crippen LogP contribution >= 0.6 is 0 Å². The molecule has 0 aromatic rings. The van der Waals surface area contributed by atoms with Crippen molar-refractivity contribution in [1.82, 2.24) is 10.2 Å². The van der Waals surface area contributed by atoms with Crippen LogP contribution in [-0.2, 0) is 0 Å². The molecule has 0 aromatic heterocycles. The first kappa shape index (κ1) is 13.3. The lowest BCUT2D eigenvalue weighted by Crippen LogP contribution is -2.51. The first-order valence-corrected chi connectivity index (χ1v) is 7.20. The second-order valence-corrected chi connectivity index (χ2v) is 6.36. The predicted octanol–water partition coefficient (Wildman–Crippen LogP) is 1.75. The van der Waals surface area contributed by atoms with Crippen molar-refractivity contribution in [2.24, 2.45) is 0 Å². The van der Waals surface area contributed by atoms with Crippen molar-refractivity contribution in [1.29, 1.82) is 0 Å². The van der Waals surface area contributed by atoms with Gasteiger partial charge in [-0.2, -0.15) is 0 Å². The topological polar surface area (TPSA) is 35.5 Å². The number of nitrogens with zero attached hydrogens (tertiary/aromatic N) is 1. The molecule has 1 saturated heterocycles. The van der Waals surface area contributed by atoms with Crippen LogP contribution in [0.25, 0.3) is 0 Å². The van der Waals surface area contributed by atoms with Gasteiger partial charge < -0.3 is 10.4 Å². The van der Waals surface area contributed by atoms with Gasteiger partial charge in [-0.1, -0.05) is 13.8 Å². The van der Waals surface area contributed by atoms with Gasteiger partial charge in [0.05, 0.1) is 6.61 Å². The van der Waals surface area contributed by atoms with Gasteiger partial charge in [0.1, 0.15) is 0 Å². The van der Waals surface area contributed by atoms with Crippen LogP contribution in [-0.4, -0.2) is 46.8 Å². The Morgan fingerprint density at radius 2 is 2.18 bits per heavy atom. The molecule has 1 heterocycles. The van der Waals surface area contributed by atoms with E-state index in [1.807, 2.05) is 0 Å². The Hall–Kier alpha value is -0.120. The van der Waals surface area contributed by atoms with Crippen molar-refractivity contribution in [3.8, 4) is 0 Å². The van der Waals surface area contributed by atoms with Crippen LogP contribution in [0.3, 0.4) is 0 Å².